The van der Waals surface area contributed by atoms with Crippen molar-refractivity contribution < 1.29 is 18.7 Å². The Bertz CT molecular complexity index is 571. The van der Waals surface area contributed by atoms with E-state index in [-0.39, 0.29) is 25.7 Å². The van der Waals surface area contributed by atoms with Gasteiger partial charge in [0.15, 0.2) is 0 Å². The fraction of sp³-hybridized carbons (Fsp3) is 0.455. The van der Waals surface area contributed by atoms with Crippen LogP contribution < -0.4 is 16.4 Å². The van der Waals surface area contributed by atoms with Gasteiger partial charge in [-0.3, -0.25) is 0 Å². The number of hydrogen-bond donors (Lipinski definition) is 3. The molecule has 0 spiro atoms. The Morgan fingerprint density at radius 2 is 2.33 bits per heavy atom. The second kappa shape index (κ2) is 7.09. The fourth-order valence-electron chi connectivity index (χ4n) is 1.58. The average molecular weight is 313 g/mol. The summed E-state index contributed by atoms with van der Waals surface area (Å²) in [5.41, 5.74) is 6.22. The topological polar surface area (TPSA) is 132 Å². The van der Waals surface area contributed by atoms with E-state index in [1.54, 1.807) is 6.92 Å². The second-order valence-corrected chi connectivity index (χ2v) is 4.87. The lowest BCUT2D eigenvalue weighted by Gasteiger charge is -2.20. The number of ether oxygens (including phenoxy) is 1. The molecule has 0 saturated carbocycles. The highest BCUT2D eigenvalue weighted by molar-refractivity contribution is 7.99. The van der Waals surface area contributed by atoms with Crippen molar-refractivity contribution in [3.8, 4) is 0 Å². The van der Waals surface area contributed by atoms with Gasteiger partial charge in [-0.2, -0.15) is 0 Å². The van der Waals surface area contributed by atoms with Crippen LogP contribution in [0.1, 0.15) is 12.8 Å². The molecule has 0 saturated heterocycles. The minimum atomic E-state index is -0.464. The van der Waals surface area contributed by atoms with Gasteiger partial charge in [-0.1, -0.05) is 11.8 Å². The summed E-state index contributed by atoms with van der Waals surface area (Å²) in [7, 11) is 0. The van der Waals surface area contributed by atoms with Crippen molar-refractivity contribution in [1.82, 2.24) is 20.8 Å². The quantitative estimate of drug-likeness (QED) is 0.484. The summed E-state index contributed by atoms with van der Waals surface area (Å²) in [5, 5.41) is 13.0. The number of carbonyl (C=O) groups is 2. The predicted octanol–water partition coefficient (Wildman–Crippen LogP) is -0.250. The van der Waals surface area contributed by atoms with Crippen LogP contribution in [0.2, 0.25) is 0 Å². The Labute approximate surface area is 124 Å². The Morgan fingerprint density at radius 3 is 3.00 bits per heavy atom. The molecule has 114 valence electrons. The maximum Gasteiger partial charge on any atom is 0.337 e. The van der Waals surface area contributed by atoms with Crippen LogP contribution >= 0.6 is 11.8 Å². The van der Waals surface area contributed by atoms with Gasteiger partial charge in [0, 0.05) is 11.4 Å². The number of carbonyl (C=O) groups excluding carboxylic acids is 2. The molecule has 2 heterocycles. The van der Waals surface area contributed by atoms with E-state index < -0.39 is 5.97 Å². The number of nitrogens with zero attached hydrogens (tertiary/aromatic N) is 2. The van der Waals surface area contributed by atoms with Crippen LogP contribution in [-0.4, -0.2) is 41.1 Å². The van der Waals surface area contributed by atoms with Crippen molar-refractivity contribution in [2.24, 2.45) is 5.73 Å². The number of rotatable bonds is 6. The minimum Gasteiger partial charge on any atom is -0.463 e. The van der Waals surface area contributed by atoms with Gasteiger partial charge in [-0.05, 0) is 6.92 Å². The Morgan fingerprint density at radius 1 is 1.52 bits per heavy atom. The number of hydrogen-bond acceptors (Lipinski definition) is 8. The van der Waals surface area contributed by atoms with Crippen molar-refractivity contribution in [1.29, 1.82) is 0 Å². The fourth-order valence-corrected chi connectivity index (χ4v) is 2.35. The molecule has 1 aromatic heterocycles. The first-order chi connectivity index (χ1) is 10.1. The largest absolute Gasteiger partial charge is 0.463 e. The third kappa shape index (κ3) is 3.95. The van der Waals surface area contributed by atoms with Crippen molar-refractivity contribution in [2.75, 3.05) is 18.9 Å². The van der Waals surface area contributed by atoms with Crippen LogP contribution in [0.25, 0.3) is 0 Å². The van der Waals surface area contributed by atoms with Gasteiger partial charge in [-0.25, -0.2) is 9.59 Å². The number of esters is 1. The van der Waals surface area contributed by atoms with Crippen molar-refractivity contribution in [3.63, 3.8) is 0 Å². The maximum absolute atomic E-state index is 11.8. The second-order valence-electron chi connectivity index (χ2n) is 3.94. The first-order valence-corrected chi connectivity index (χ1v) is 7.21. The number of nitrogens with one attached hydrogen (secondary N) is 2. The van der Waals surface area contributed by atoms with Crippen LogP contribution in [0, 0.1) is 0 Å². The molecule has 1 aromatic rings. The Hall–Kier alpha value is -2.07. The Balaban J connectivity index is 2.08. The van der Waals surface area contributed by atoms with Crippen LogP contribution in [0.5, 0.6) is 0 Å². The molecule has 0 radical (unpaired) electrons. The highest BCUT2D eigenvalue weighted by atomic mass is 32.2. The summed E-state index contributed by atoms with van der Waals surface area (Å²) in [4.78, 5) is 23.2. The average Bonchev–Trinajstić information content (AvgIpc) is 2.93. The minimum absolute atomic E-state index is 0.123. The van der Waals surface area contributed by atoms with Crippen LogP contribution in [0.4, 0.5) is 4.79 Å². The first kappa shape index (κ1) is 15.3. The van der Waals surface area contributed by atoms with Crippen LogP contribution in [0.3, 0.4) is 0 Å². The molecule has 1 aliphatic heterocycles. The molecular weight excluding hydrogens is 298 g/mol. The van der Waals surface area contributed by atoms with Gasteiger partial charge in [-0.15, -0.1) is 10.2 Å². The smallest absolute Gasteiger partial charge is 0.337 e. The van der Waals surface area contributed by atoms with E-state index in [1.807, 2.05) is 0 Å². The van der Waals surface area contributed by atoms with Crippen molar-refractivity contribution in [3.05, 3.63) is 17.2 Å². The standard InChI is InChI=1S/C11H15N5O4S/c1-2-19-9(17)6-4-13-10(18)14-7(6)5-21-11-16-15-8(3-12)20-11/h2-5,12H2,1H3,(H2,13,14,18). The molecule has 0 atom stereocenters. The molecule has 0 unspecified atom stereocenters. The van der Waals surface area contributed by atoms with E-state index in [0.717, 1.165) is 0 Å². The van der Waals surface area contributed by atoms with E-state index >= 15 is 0 Å². The monoisotopic (exact) mass is 313 g/mol. The zero-order valence-electron chi connectivity index (χ0n) is 11.3. The van der Waals surface area contributed by atoms with E-state index in [9.17, 15) is 9.59 Å². The highest BCUT2D eigenvalue weighted by Crippen LogP contribution is 2.21. The van der Waals surface area contributed by atoms with Crippen molar-refractivity contribution >= 4 is 23.8 Å². The summed E-state index contributed by atoms with van der Waals surface area (Å²) in [6.07, 6.45) is 0. The number of aromatic nitrogens is 2. The lowest BCUT2D eigenvalue weighted by atomic mass is 10.2. The van der Waals surface area contributed by atoms with Gasteiger partial charge in [0.25, 0.3) is 5.22 Å². The Kier molecular flexibility index (Phi) is 5.17. The number of amides is 2. The third-order valence-corrected chi connectivity index (χ3v) is 3.38. The summed E-state index contributed by atoms with van der Waals surface area (Å²) >= 11 is 1.20. The summed E-state index contributed by atoms with van der Waals surface area (Å²) in [5.74, 6) is 0.161. The first-order valence-electron chi connectivity index (χ1n) is 6.23. The number of nitrogens with two attached hydrogens (primary N) is 1. The molecule has 21 heavy (non-hydrogen) atoms. The molecule has 10 heteroatoms. The molecule has 0 bridgehead atoms. The lowest BCUT2D eigenvalue weighted by Crippen LogP contribution is -2.44. The predicted molar refractivity (Wildman–Crippen MR) is 73.1 cm³/mol. The van der Waals surface area contributed by atoms with Gasteiger partial charge >= 0.3 is 12.0 Å². The zero-order valence-corrected chi connectivity index (χ0v) is 12.2. The van der Waals surface area contributed by atoms with Gasteiger partial charge in [0.2, 0.25) is 5.89 Å². The summed E-state index contributed by atoms with van der Waals surface area (Å²) < 4.78 is 10.2. The van der Waals surface area contributed by atoms with E-state index in [2.05, 4.69) is 20.8 Å². The number of urea groups is 1. The molecule has 1 aliphatic rings. The zero-order chi connectivity index (χ0) is 15.2. The summed E-state index contributed by atoms with van der Waals surface area (Å²) in [6, 6.07) is -0.369. The number of thioether (sulfide) groups is 1. The van der Waals surface area contributed by atoms with Gasteiger partial charge in [0.1, 0.15) is 0 Å². The molecule has 2 amide bonds. The lowest BCUT2D eigenvalue weighted by molar-refractivity contribution is -0.138. The third-order valence-electron chi connectivity index (χ3n) is 2.54. The molecule has 4 N–H and O–H groups in total. The van der Waals surface area contributed by atoms with Crippen LogP contribution in [-0.2, 0) is 16.1 Å². The summed E-state index contributed by atoms with van der Waals surface area (Å²) in [6.45, 7) is 2.26. The van der Waals surface area contributed by atoms with Crippen molar-refractivity contribution in [2.45, 2.75) is 18.7 Å². The molecular formula is C11H15N5O4S. The molecule has 0 aliphatic carbocycles. The van der Waals surface area contributed by atoms with Gasteiger partial charge < -0.3 is 25.5 Å². The highest BCUT2D eigenvalue weighted by Gasteiger charge is 2.24. The normalized spacial score (nSPS) is 14.7. The van der Waals surface area contributed by atoms with Gasteiger partial charge in [0.05, 0.1) is 25.3 Å². The molecule has 2 rings (SSSR count). The van der Waals surface area contributed by atoms with E-state index in [1.165, 1.54) is 11.8 Å². The van der Waals surface area contributed by atoms with E-state index in [4.69, 9.17) is 14.9 Å². The molecule has 0 aromatic carbocycles. The molecule has 9 nitrogen and oxygen atoms in total. The molecule has 0 fully saturated rings. The van der Waals surface area contributed by atoms with Crippen LogP contribution in [0.15, 0.2) is 20.9 Å². The van der Waals surface area contributed by atoms with E-state index in [0.29, 0.717) is 28.1 Å². The maximum atomic E-state index is 11.8. The SMILES string of the molecule is CCOC(=O)C1=C(CSc2nnc(CN)o2)NC(=O)NC1.